The molecule has 2 N–H and O–H groups in total. The molecular weight excluding hydrogens is 257 g/mol. The third-order valence-electron chi connectivity index (χ3n) is 2.75. The Bertz CT molecular complexity index is 449. The molecule has 0 spiro atoms. The van der Waals surface area contributed by atoms with E-state index < -0.39 is 12.4 Å². The second-order valence-electron chi connectivity index (χ2n) is 4.58. The Morgan fingerprint density at radius 1 is 1.44 bits per heavy atom. The molecule has 1 heterocycles. The minimum atomic E-state index is -1.30. The molecule has 4 nitrogen and oxygen atoms in total. The normalized spacial score (nSPS) is 25.9. The Morgan fingerprint density at radius 3 is 2.61 bits per heavy atom. The van der Waals surface area contributed by atoms with Crippen molar-refractivity contribution in [3.05, 3.63) is 35.6 Å². The van der Waals surface area contributed by atoms with Gasteiger partial charge in [0.05, 0.1) is 10.1 Å². The van der Waals surface area contributed by atoms with Crippen LogP contribution in [0, 0.1) is 5.82 Å². The van der Waals surface area contributed by atoms with Crippen molar-refractivity contribution in [2.75, 3.05) is 0 Å². The highest BCUT2D eigenvalue weighted by molar-refractivity contribution is 8.01. The van der Waals surface area contributed by atoms with E-state index in [-0.39, 0.29) is 15.9 Å². The van der Waals surface area contributed by atoms with E-state index in [2.05, 4.69) is 5.32 Å². The molecule has 1 aliphatic rings. The summed E-state index contributed by atoms with van der Waals surface area (Å²) in [6, 6.07) is 6.13. The quantitative estimate of drug-likeness (QED) is 0.810. The van der Waals surface area contributed by atoms with Gasteiger partial charge < -0.3 is 9.84 Å². The fourth-order valence-electron chi connectivity index (χ4n) is 1.82. The van der Waals surface area contributed by atoms with E-state index in [1.54, 1.807) is 23.9 Å². The fourth-order valence-corrected chi connectivity index (χ4v) is 3.15. The van der Waals surface area contributed by atoms with Crippen LogP contribution in [0.25, 0.3) is 0 Å². The van der Waals surface area contributed by atoms with Gasteiger partial charge in [0.15, 0.2) is 6.23 Å². The standard InChI is InChI=1S/C12H14FNO3S/c1-12(2)10(17-11(15)16)14-9(18-12)7-3-5-8(13)6-4-7/h3-6,9-10,14H,1-2H3,(H,15,16)/t9-,10+/m1/s1. The first-order chi connectivity index (χ1) is 8.38. The van der Waals surface area contributed by atoms with Gasteiger partial charge in [0, 0.05) is 0 Å². The molecule has 0 bridgehead atoms. The molecule has 1 aliphatic heterocycles. The van der Waals surface area contributed by atoms with Gasteiger partial charge in [-0.05, 0) is 31.5 Å². The Kier molecular flexibility index (Phi) is 3.49. The molecule has 18 heavy (non-hydrogen) atoms. The van der Waals surface area contributed by atoms with E-state index in [9.17, 15) is 9.18 Å². The number of carbonyl (C=O) groups is 1. The van der Waals surface area contributed by atoms with Crippen LogP contribution in [-0.2, 0) is 4.74 Å². The number of carboxylic acid groups (broad SMARTS) is 1. The third kappa shape index (κ3) is 2.76. The van der Waals surface area contributed by atoms with Gasteiger partial charge in [-0.3, -0.25) is 5.32 Å². The predicted molar refractivity (Wildman–Crippen MR) is 66.8 cm³/mol. The van der Waals surface area contributed by atoms with Crippen LogP contribution < -0.4 is 5.32 Å². The summed E-state index contributed by atoms with van der Waals surface area (Å²) in [4.78, 5) is 10.6. The lowest BCUT2D eigenvalue weighted by Crippen LogP contribution is -2.40. The van der Waals surface area contributed by atoms with Crippen LogP contribution in [0.15, 0.2) is 24.3 Å². The first kappa shape index (κ1) is 13.2. The van der Waals surface area contributed by atoms with Crippen LogP contribution in [0.5, 0.6) is 0 Å². The molecule has 1 saturated heterocycles. The second-order valence-corrected chi connectivity index (χ2v) is 6.34. The number of thioether (sulfide) groups is 1. The summed E-state index contributed by atoms with van der Waals surface area (Å²) in [6.07, 6.45) is -1.89. The maximum Gasteiger partial charge on any atom is 0.507 e. The maximum absolute atomic E-state index is 12.8. The van der Waals surface area contributed by atoms with Gasteiger partial charge in [0.25, 0.3) is 0 Å². The zero-order valence-corrected chi connectivity index (χ0v) is 10.8. The SMILES string of the molecule is CC1(C)S[C@H](c2ccc(F)cc2)N[C@H]1OC(=O)O. The Morgan fingerprint density at radius 2 is 2.06 bits per heavy atom. The molecule has 98 valence electrons. The van der Waals surface area contributed by atoms with E-state index in [0.717, 1.165) is 5.56 Å². The fraction of sp³-hybridized carbons (Fsp3) is 0.417. The van der Waals surface area contributed by atoms with E-state index in [1.807, 2.05) is 13.8 Å². The van der Waals surface area contributed by atoms with Crippen LogP contribution in [0.4, 0.5) is 9.18 Å². The molecule has 1 aromatic rings. The van der Waals surface area contributed by atoms with Crippen molar-refractivity contribution in [3.63, 3.8) is 0 Å². The summed E-state index contributed by atoms with van der Waals surface area (Å²) in [5.41, 5.74) is 0.894. The number of rotatable bonds is 2. The number of hydrogen-bond donors (Lipinski definition) is 2. The molecule has 0 radical (unpaired) electrons. The minimum absolute atomic E-state index is 0.107. The molecule has 0 aliphatic carbocycles. The molecule has 1 fully saturated rings. The van der Waals surface area contributed by atoms with Gasteiger partial charge in [0.1, 0.15) is 5.82 Å². The van der Waals surface area contributed by atoms with Crippen molar-refractivity contribution in [1.29, 1.82) is 0 Å². The molecule has 2 atom stereocenters. The lowest BCUT2D eigenvalue weighted by Gasteiger charge is -2.23. The number of benzene rings is 1. The number of hydrogen-bond acceptors (Lipinski definition) is 4. The summed E-state index contributed by atoms with van der Waals surface area (Å²) >= 11 is 1.55. The average Bonchev–Trinajstić information content (AvgIpc) is 2.54. The number of halogens is 1. The van der Waals surface area contributed by atoms with Gasteiger partial charge >= 0.3 is 6.16 Å². The van der Waals surface area contributed by atoms with Crippen LogP contribution in [0.2, 0.25) is 0 Å². The van der Waals surface area contributed by atoms with E-state index in [4.69, 9.17) is 9.84 Å². The zero-order chi connectivity index (χ0) is 13.3. The van der Waals surface area contributed by atoms with Gasteiger partial charge in [0.2, 0.25) is 0 Å². The molecular formula is C12H14FNO3S. The highest BCUT2D eigenvalue weighted by atomic mass is 32.2. The lowest BCUT2D eigenvalue weighted by atomic mass is 10.1. The monoisotopic (exact) mass is 271 g/mol. The van der Waals surface area contributed by atoms with Gasteiger partial charge in [-0.15, -0.1) is 11.8 Å². The molecule has 6 heteroatoms. The topological polar surface area (TPSA) is 58.6 Å². The Balaban J connectivity index is 2.14. The molecule has 1 aromatic carbocycles. The van der Waals surface area contributed by atoms with Crippen molar-refractivity contribution < 1.29 is 19.0 Å². The summed E-state index contributed by atoms with van der Waals surface area (Å²) in [7, 11) is 0. The summed E-state index contributed by atoms with van der Waals surface area (Å²) in [5, 5.41) is 11.7. The Labute approximate surface area is 109 Å². The summed E-state index contributed by atoms with van der Waals surface area (Å²) in [6.45, 7) is 3.81. The van der Waals surface area contributed by atoms with Crippen LogP contribution in [0.3, 0.4) is 0 Å². The first-order valence-electron chi connectivity index (χ1n) is 5.47. The summed E-state index contributed by atoms with van der Waals surface area (Å²) < 4.78 is 17.3. The zero-order valence-electron chi connectivity index (χ0n) is 10.0. The van der Waals surface area contributed by atoms with Crippen molar-refractivity contribution >= 4 is 17.9 Å². The first-order valence-corrected chi connectivity index (χ1v) is 6.35. The van der Waals surface area contributed by atoms with Gasteiger partial charge in [-0.1, -0.05) is 12.1 Å². The predicted octanol–water partition coefficient (Wildman–Crippen LogP) is 2.96. The van der Waals surface area contributed by atoms with Crippen molar-refractivity contribution in [3.8, 4) is 0 Å². The lowest BCUT2D eigenvalue weighted by molar-refractivity contribution is 0.0274. The largest absolute Gasteiger partial charge is 0.507 e. The molecule has 2 rings (SSSR count). The summed E-state index contributed by atoms with van der Waals surface area (Å²) in [5.74, 6) is -0.292. The maximum atomic E-state index is 12.8. The molecule has 0 amide bonds. The van der Waals surface area contributed by atoms with Crippen LogP contribution >= 0.6 is 11.8 Å². The minimum Gasteiger partial charge on any atom is -0.450 e. The average molecular weight is 271 g/mol. The smallest absolute Gasteiger partial charge is 0.450 e. The molecule has 0 saturated carbocycles. The van der Waals surface area contributed by atoms with Crippen molar-refractivity contribution in [2.45, 2.75) is 30.2 Å². The third-order valence-corrected chi connectivity index (χ3v) is 4.21. The number of nitrogens with one attached hydrogen (secondary N) is 1. The Hall–Kier alpha value is -1.27. The van der Waals surface area contributed by atoms with E-state index in [1.165, 1.54) is 12.1 Å². The second kappa shape index (κ2) is 4.78. The van der Waals surface area contributed by atoms with Gasteiger partial charge in [-0.2, -0.15) is 0 Å². The van der Waals surface area contributed by atoms with Crippen LogP contribution in [-0.4, -0.2) is 22.2 Å². The molecule has 0 unspecified atom stereocenters. The van der Waals surface area contributed by atoms with E-state index >= 15 is 0 Å². The molecule has 0 aromatic heterocycles. The van der Waals surface area contributed by atoms with Crippen molar-refractivity contribution in [1.82, 2.24) is 5.32 Å². The number of ether oxygens (including phenoxy) is 1. The van der Waals surface area contributed by atoms with Crippen LogP contribution in [0.1, 0.15) is 24.8 Å². The van der Waals surface area contributed by atoms with E-state index in [0.29, 0.717) is 0 Å². The highest BCUT2D eigenvalue weighted by Gasteiger charge is 2.44. The van der Waals surface area contributed by atoms with Crippen molar-refractivity contribution in [2.24, 2.45) is 0 Å². The highest BCUT2D eigenvalue weighted by Crippen LogP contribution is 2.45. The van der Waals surface area contributed by atoms with Gasteiger partial charge in [-0.25, -0.2) is 9.18 Å².